The maximum absolute atomic E-state index is 12.3. The number of nitrogens with two attached hydrogens (primary N) is 1. The molecule has 0 atom stereocenters. The van der Waals surface area contributed by atoms with Gasteiger partial charge in [-0.05, 0) is 46.8 Å². The van der Waals surface area contributed by atoms with Gasteiger partial charge in [0.25, 0.3) is 0 Å². The topological polar surface area (TPSA) is 64.8 Å². The van der Waals surface area contributed by atoms with Crippen molar-refractivity contribution in [2.75, 3.05) is 7.11 Å². The lowest BCUT2D eigenvalue weighted by Gasteiger charge is -2.29. The molecule has 1 rings (SSSR count). The molecule has 0 spiro atoms. The molecule has 0 saturated heterocycles. The van der Waals surface area contributed by atoms with E-state index in [9.17, 15) is 4.79 Å². The molecule has 0 radical (unpaired) electrons. The SMILES string of the molecule is COC1=CC=C(N)CC1=CN(C(=O)OC(C)(C)C)C(C)C. The highest BCUT2D eigenvalue weighted by atomic mass is 16.6. The van der Waals surface area contributed by atoms with E-state index in [0.29, 0.717) is 12.2 Å². The smallest absolute Gasteiger partial charge is 0.414 e. The van der Waals surface area contributed by atoms with E-state index >= 15 is 0 Å². The maximum Gasteiger partial charge on any atom is 0.414 e. The molecule has 1 aliphatic carbocycles. The predicted octanol–water partition coefficient (Wildman–Crippen LogP) is 3.29. The maximum atomic E-state index is 12.3. The van der Waals surface area contributed by atoms with Gasteiger partial charge in [0.2, 0.25) is 0 Å². The number of amides is 1. The van der Waals surface area contributed by atoms with Gasteiger partial charge in [0.1, 0.15) is 11.4 Å². The Balaban J connectivity index is 3.02. The van der Waals surface area contributed by atoms with Crippen molar-refractivity contribution in [2.24, 2.45) is 5.73 Å². The number of ether oxygens (including phenoxy) is 2. The van der Waals surface area contributed by atoms with Gasteiger partial charge in [-0.25, -0.2) is 4.79 Å². The second-order valence-electron chi connectivity index (χ2n) is 6.29. The number of hydrogen-bond acceptors (Lipinski definition) is 4. The van der Waals surface area contributed by atoms with Crippen LogP contribution in [0.15, 0.2) is 35.4 Å². The quantitative estimate of drug-likeness (QED) is 0.867. The molecule has 21 heavy (non-hydrogen) atoms. The van der Waals surface area contributed by atoms with Gasteiger partial charge in [-0.3, -0.25) is 4.90 Å². The average Bonchev–Trinajstić information content (AvgIpc) is 2.33. The van der Waals surface area contributed by atoms with Crippen molar-refractivity contribution in [3.05, 3.63) is 35.4 Å². The van der Waals surface area contributed by atoms with Gasteiger partial charge in [0.15, 0.2) is 0 Å². The fourth-order valence-corrected chi connectivity index (χ4v) is 1.86. The molecule has 0 aromatic carbocycles. The molecule has 5 heteroatoms. The molecule has 1 amide bonds. The summed E-state index contributed by atoms with van der Waals surface area (Å²) >= 11 is 0. The standard InChI is InChI=1S/C16H26N2O3/c1-11(2)18(15(19)21-16(3,4)5)10-12-9-13(17)7-8-14(12)20-6/h7-8,10-11H,9,17H2,1-6H3. The van der Waals surface area contributed by atoms with Crippen molar-refractivity contribution in [1.82, 2.24) is 4.90 Å². The van der Waals surface area contributed by atoms with Crippen molar-refractivity contribution in [3.63, 3.8) is 0 Å². The van der Waals surface area contributed by atoms with E-state index < -0.39 is 5.60 Å². The molecule has 2 N–H and O–H groups in total. The van der Waals surface area contributed by atoms with Crippen molar-refractivity contribution < 1.29 is 14.3 Å². The number of allylic oxidation sites excluding steroid dienone is 4. The summed E-state index contributed by atoms with van der Waals surface area (Å²) in [4.78, 5) is 13.9. The van der Waals surface area contributed by atoms with E-state index in [4.69, 9.17) is 15.2 Å². The van der Waals surface area contributed by atoms with Gasteiger partial charge in [-0.2, -0.15) is 0 Å². The molecule has 5 nitrogen and oxygen atoms in total. The third-order valence-corrected chi connectivity index (χ3v) is 2.84. The van der Waals surface area contributed by atoms with E-state index in [2.05, 4.69) is 0 Å². The lowest BCUT2D eigenvalue weighted by Crippen LogP contribution is -2.38. The number of carbonyl (C=O) groups is 1. The van der Waals surface area contributed by atoms with Crippen LogP contribution in [0, 0.1) is 0 Å². The van der Waals surface area contributed by atoms with Crippen LogP contribution in [0.25, 0.3) is 0 Å². The molecule has 0 aromatic heterocycles. The Labute approximate surface area is 127 Å². The van der Waals surface area contributed by atoms with Gasteiger partial charge < -0.3 is 15.2 Å². The van der Waals surface area contributed by atoms with Crippen LogP contribution in [0.5, 0.6) is 0 Å². The zero-order valence-corrected chi connectivity index (χ0v) is 13.8. The number of methoxy groups -OCH3 is 1. The lowest BCUT2D eigenvalue weighted by atomic mass is 10.0. The molecule has 0 saturated carbocycles. The van der Waals surface area contributed by atoms with Crippen molar-refractivity contribution in [1.29, 1.82) is 0 Å². The summed E-state index contributed by atoms with van der Waals surface area (Å²) in [6.07, 6.45) is 5.54. The highest BCUT2D eigenvalue weighted by molar-refractivity contribution is 5.70. The van der Waals surface area contributed by atoms with Crippen LogP contribution in [0.4, 0.5) is 4.79 Å². The van der Waals surface area contributed by atoms with E-state index in [1.807, 2.05) is 40.7 Å². The van der Waals surface area contributed by atoms with Crippen LogP contribution in [0.1, 0.15) is 41.0 Å². The number of hydrogen-bond donors (Lipinski definition) is 1. The van der Waals surface area contributed by atoms with Crippen LogP contribution >= 0.6 is 0 Å². The third-order valence-electron chi connectivity index (χ3n) is 2.84. The molecule has 0 unspecified atom stereocenters. The molecule has 1 aliphatic rings. The first-order valence-electron chi connectivity index (χ1n) is 7.06. The summed E-state index contributed by atoms with van der Waals surface area (Å²) in [5.41, 5.74) is 6.91. The second kappa shape index (κ2) is 6.70. The molecule has 118 valence electrons. The van der Waals surface area contributed by atoms with Crippen molar-refractivity contribution in [2.45, 2.75) is 52.7 Å². The number of carbonyl (C=O) groups excluding carboxylic acids is 1. The molecule has 0 bridgehead atoms. The Morgan fingerprint density at radius 1 is 1.38 bits per heavy atom. The van der Waals surface area contributed by atoms with Crippen LogP contribution in [0.3, 0.4) is 0 Å². The third kappa shape index (κ3) is 5.17. The highest BCUT2D eigenvalue weighted by Gasteiger charge is 2.24. The fraction of sp³-hybridized carbons (Fsp3) is 0.562. The Morgan fingerprint density at radius 2 is 2.00 bits per heavy atom. The number of nitrogens with zero attached hydrogens (tertiary/aromatic N) is 1. The second-order valence-corrected chi connectivity index (χ2v) is 6.29. The Hall–Kier alpha value is -1.91. The van der Waals surface area contributed by atoms with Crippen LogP contribution < -0.4 is 5.73 Å². The van der Waals surface area contributed by atoms with Crippen LogP contribution in [-0.4, -0.2) is 29.7 Å². The summed E-state index contributed by atoms with van der Waals surface area (Å²) in [5, 5.41) is 0. The molecular formula is C16H26N2O3. The molecule has 0 fully saturated rings. The van der Waals surface area contributed by atoms with Crippen LogP contribution in [0.2, 0.25) is 0 Å². The first kappa shape index (κ1) is 17.1. The zero-order valence-electron chi connectivity index (χ0n) is 13.8. The molecule has 0 heterocycles. The van der Waals surface area contributed by atoms with E-state index in [0.717, 1.165) is 11.3 Å². The minimum atomic E-state index is -0.534. The largest absolute Gasteiger partial charge is 0.496 e. The van der Waals surface area contributed by atoms with Crippen LogP contribution in [-0.2, 0) is 9.47 Å². The summed E-state index contributed by atoms with van der Waals surface area (Å²) in [6.45, 7) is 9.40. The Morgan fingerprint density at radius 3 is 2.48 bits per heavy atom. The van der Waals surface area contributed by atoms with Gasteiger partial charge in [0, 0.05) is 29.9 Å². The van der Waals surface area contributed by atoms with Crippen molar-refractivity contribution in [3.8, 4) is 0 Å². The first-order chi connectivity index (χ1) is 9.64. The van der Waals surface area contributed by atoms with E-state index in [-0.39, 0.29) is 12.1 Å². The fourth-order valence-electron chi connectivity index (χ4n) is 1.86. The Bertz CT molecular complexity index is 482. The monoisotopic (exact) mass is 294 g/mol. The summed E-state index contributed by atoms with van der Waals surface area (Å²) in [6, 6.07) is -0.0300. The van der Waals surface area contributed by atoms with E-state index in [1.54, 1.807) is 24.3 Å². The minimum Gasteiger partial charge on any atom is -0.496 e. The van der Waals surface area contributed by atoms with Gasteiger partial charge in [-0.15, -0.1) is 0 Å². The predicted molar refractivity (Wildman–Crippen MR) is 83.3 cm³/mol. The van der Waals surface area contributed by atoms with Gasteiger partial charge in [-0.1, -0.05) is 0 Å². The van der Waals surface area contributed by atoms with Crippen molar-refractivity contribution >= 4 is 6.09 Å². The molecular weight excluding hydrogens is 268 g/mol. The van der Waals surface area contributed by atoms with Gasteiger partial charge in [0.05, 0.1) is 7.11 Å². The average molecular weight is 294 g/mol. The normalized spacial score (nSPS) is 17.4. The Kier molecular flexibility index (Phi) is 5.47. The zero-order chi connectivity index (χ0) is 16.2. The summed E-state index contributed by atoms with van der Waals surface area (Å²) in [7, 11) is 1.60. The van der Waals surface area contributed by atoms with Gasteiger partial charge >= 0.3 is 6.09 Å². The first-order valence-corrected chi connectivity index (χ1v) is 7.06. The molecule has 0 aromatic rings. The number of rotatable bonds is 3. The minimum absolute atomic E-state index is 0.0300. The highest BCUT2D eigenvalue weighted by Crippen LogP contribution is 2.24. The van der Waals surface area contributed by atoms with E-state index in [1.165, 1.54) is 0 Å². The molecule has 0 aliphatic heterocycles. The summed E-state index contributed by atoms with van der Waals surface area (Å²) in [5.74, 6) is 0.707. The summed E-state index contributed by atoms with van der Waals surface area (Å²) < 4.78 is 10.8. The lowest BCUT2D eigenvalue weighted by molar-refractivity contribution is 0.0289.